The van der Waals surface area contributed by atoms with Crippen molar-refractivity contribution in [2.45, 2.75) is 33.1 Å². The Morgan fingerprint density at radius 2 is 1.60 bits per heavy atom. The molecule has 4 N–H and O–H groups in total. The number of carbonyl (C=O) groups is 2. The average molecular weight is 277 g/mol. The standard InChI is InChI=1S/C15H23N3O2/c1-3-14(19)17-12-5-7-13(8-6-12)18-15(20)9-4-11(2)10-16/h5-8,11H,3-4,9-10,16H2,1-2H3,(H,17,19)(H,18,20). The normalized spacial score (nSPS) is 11.8. The Morgan fingerprint density at radius 1 is 1.10 bits per heavy atom. The summed E-state index contributed by atoms with van der Waals surface area (Å²) < 4.78 is 0. The summed E-state index contributed by atoms with van der Waals surface area (Å²) in [6, 6.07) is 7.09. The van der Waals surface area contributed by atoms with E-state index in [1.807, 2.05) is 6.92 Å². The van der Waals surface area contributed by atoms with E-state index in [4.69, 9.17) is 5.73 Å². The average Bonchev–Trinajstić information content (AvgIpc) is 2.46. The number of amides is 2. The minimum Gasteiger partial charge on any atom is -0.330 e. The Kier molecular flexibility index (Phi) is 6.73. The van der Waals surface area contributed by atoms with Crippen LogP contribution in [-0.4, -0.2) is 18.4 Å². The summed E-state index contributed by atoms with van der Waals surface area (Å²) >= 11 is 0. The zero-order chi connectivity index (χ0) is 15.0. The van der Waals surface area contributed by atoms with Gasteiger partial charge in [-0.05, 0) is 43.1 Å². The van der Waals surface area contributed by atoms with Gasteiger partial charge in [0.05, 0.1) is 0 Å². The lowest BCUT2D eigenvalue weighted by Gasteiger charge is -2.09. The maximum Gasteiger partial charge on any atom is 0.224 e. The SMILES string of the molecule is CCC(=O)Nc1ccc(NC(=O)CCC(C)CN)cc1. The maximum atomic E-state index is 11.7. The Hall–Kier alpha value is -1.88. The summed E-state index contributed by atoms with van der Waals surface area (Å²) in [5.74, 6) is 0.306. The van der Waals surface area contributed by atoms with Crippen LogP contribution in [0.3, 0.4) is 0 Å². The van der Waals surface area contributed by atoms with Crippen LogP contribution in [0.2, 0.25) is 0 Å². The van der Waals surface area contributed by atoms with Crippen molar-refractivity contribution in [1.82, 2.24) is 0 Å². The summed E-state index contributed by atoms with van der Waals surface area (Å²) in [7, 11) is 0. The molecule has 0 aliphatic carbocycles. The van der Waals surface area contributed by atoms with Gasteiger partial charge in [0.25, 0.3) is 0 Å². The van der Waals surface area contributed by atoms with E-state index in [9.17, 15) is 9.59 Å². The Balaban J connectivity index is 2.44. The van der Waals surface area contributed by atoms with Gasteiger partial charge in [-0.2, -0.15) is 0 Å². The van der Waals surface area contributed by atoms with E-state index in [2.05, 4.69) is 10.6 Å². The fourth-order valence-electron chi connectivity index (χ4n) is 1.61. The second-order valence-corrected chi connectivity index (χ2v) is 4.91. The third-order valence-electron chi connectivity index (χ3n) is 3.04. The summed E-state index contributed by atoms with van der Waals surface area (Å²) in [5.41, 5.74) is 6.97. The molecular formula is C15H23N3O2. The lowest BCUT2D eigenvalue weighted by atomic mass is 10.1. The fourth-order valence-corrected chi connectivity index (χ4v) is 1.61. The highest BCUT2D eigenvalue weighted by atomic mass is 16.2. The van der Waals surface area contributed by atoms with E-state index in [1.54, 1.807) is 31.2 Å². The number of hydrogen-bond donors (Lipinski definition) is 3. The van der Waals surface area contributed by atoms with Crippen molar-refractivity contribution in [2.24, 2.45) is 11.7 Å². The molecule has 0 aromatic heterocycles. The van der Waals surface area contributed by atoms with Gasteiger partial charge in [-0.15, -0.1) is 0 Å². The van der Waals surface area contributed by atoms with Crippen molar-refractivity contribution in [1.29, 1.82) is 0 Å². The number of nitrogens with one attached hydrogen (secondary N) is 2. The highest BCUT2D eigenvalue weighted by Gasteiger charge is 2.06. The van der Waals surface area contributed by atoms with E-state index in [-0.39, 0.29) is 11.8 Å². The molecule has 5 nitrogen and oxygen atoms in total. The lowest BCUT2D eigenvalue weighted by molar-refractivity contribution is -0.117. The van der Waals surface area contributed by atoms with Gasteiger partial charge in [0, 0.05) is 24.2 Å². The molecule has 0 radical (unpaired) electrons. The summed E-state index contributed by atoms with van der Waals surface area (Å²) in [6.45, 7) is 4.42. The van der Waals surface area contributed by atoms with Gasteiger partial charge in [0.2, 0.25) is 11.8 Å². The minimum absolute atomic E-state index is 0.0179. The zero-order valence-electron chi connectivity index (χ0n) is 12.1. The molecule has 1 rings (SSSR count). The predicted octanol–water partition coefficient (Wildman–Crippen LogP) is 2.35. The van der Waals surface area contributed by atoms with Gasteiger partial charge in [-0.1, -0.05) is 13.8 Å². The van der Waals surface area contributed by atoms with E-state index in [0.717, 1.165) is 17.8 Å². The summed E-state index contributed by atoms with van der Waals surface area (Å²) in [4.78, 5) is 23.0. The maximum absolute atomic E-state index is 11.7. The zero-order valence-corrected chi connectivity index (χ0v) is 12.1. The molecule has 20 heavy (non-hydrogen) atoms. The molecule has 0 spiro atoms. The van der Waals surface area contributed by atoms with Gasteiger partial charge < -0.3 is 16.4 Å². The molecule has 0 aliphatic rings. The molecular weight excluding hydrogens is 254 g/mol. The van der Waals surface area contributed by atoms with Crippen molar-refractivity contribution in [3.8, 4) is 0 Å². The number of hydrogen-bond acceptors (Lipinski definition) is 3. The van der Waals surface area contributed by atoms with Crippen LogP contribution in [0.15, 0.2) is 24.3 Å². The molecule has 0 bridgehead atoms. The quantitative estimate of drug-likeness (QED) is 0.715. The van der Waals surface area contributed by atoms with Crippen LogP contribution in [0, 0.1) is 5.92 Å². The lowest BCUT2D eigenvalue weighted by Crippen LogP contribution is -2.16. The van der Waals surface area contributed by atoms with Crippen LogP contribution in [0.25, 0.3) is 0 Å². The minimum atomic E-state index is -0.0300. The third-order valence-corrected chi connectivity index (χ3v) is 3.04. The van der Waals surface area contributed by atoms with Gasteiger partial charge in [-0.3, -0.25) is 9.59 Å². The Bertz CT molecular complexity index is 443. The van der Waals surface area contributed by atoms with E-state index < -0.39 is 0 Å². The van der Waals surface area contributed by atoms with Crippen molar-refractivity contribution in [3.63, 3.8) is 0 Å². The van der Waals surface area contributed by atoms with E-state index in [0.29, 0.717) is 25.3 Å². The first-order valence-corrected chi connectivity index (χ1v) is 6.95. The molecule has 0 aliphatic heterocycles. The highest BCUT2D eigenvalue weighted by molar-refractivity contribution is 5.92. The van der Waals surface area contributed by atoms with Crippen molar-refractivity contribution in [2.75, 3.05) is 17.2 Å². The van der Waals surface area contributed by atoms with Crippen LogP contribution in [0.1, 0.15) is 33.1 Å². The topological polar surface area (TPSA) is 84.2 Å². The third kappa shape index (κ3) is 5.84. The number of rotatable bonds is 7. The van der Waals surface area contributed by atoms with Crippen LogP contribution < -0.4 is 16.4 Å². The molecule has 2 amide bonds. The predicted molar refractivity (Wildman–Crippen MR) is 81.4 cm³/mol. The van der Waals surface area contributed by atoms with Gasteiger partial charge >= 0.3 is 0 Å². The highest BCUT2D eigenvalue weighted by Crippen LogP contribution is 2.14. The van der Waals surface area contributed by atoms with E-state index >= 15 is 0 Å². The molecule has 1 aromatic rings. The van der Waals surface area contributed by atoms with Gasteiger partial charge in [0.15, 0.2) is 0 Å². The molecule has 0 fully saturated rings. The second kappa shape index (κ2) is 8.32. The monoisotopic (exact) mass is 277 g/mol. The van der Waals surface area contributed by atoms with Crippen LogP contribution in [0.4, 0.5) is 11.4 Å². The van der Waals surface area contributed by atoms with Crippen LogP contribution in [0.5, 0.6) is 0 Å². The molecule has 1 atom stereocenters. The fraction of sp³-hybridized carbons (Fsp3) is 0.467. The first kappa shape index (κ1) is 16.2. The molecule has 1 unspecified atom stereocenters. The van der Waals surface area contributed by atoms with Crippen LogP contribution in [-0.2, 0) is 9.59 Å². The summed E-state index contributed by atoms with van der Waals surface area (Å²) in [6.07, 6.45) is 1.69. The van der Waals surface area contributed by atoms with Crippen molar-refractivity contribution < 1.29 is 9.59 Å². The Morgan fingerprint density at radius 3 is 2.05 bits per heavy atom. The van der Waals surface area contributed by atoms with Gasteiger partial charge in [0.1, 0.15) is 0 Å². The Labute approximate surface area is 119 Å². The summed E-state index contributed by atoms with van der Waals surface area (Å²) in [5, 5.41) is 5.58. The number of benzene rings is 1. The second-order valence-electron chi connectivity index (χ2n) is 4.91. The largest absolute Gasteiger partial charge is 0.330 e. The number of carbonyl (C=O) groups excluding carboxylic acids is 2. The molecule has 5 heteroatoms. The molecule has 1 aromatic carbocycles. The molecule has 0 saturated carbocycles. The number of anilines is 2. The molecule has 110 valence electrons. The van der Waals surface area contributed by atoms with Crippen molar-refractivity contribution in [3.05, 3.63) is 24.3 Å². The van der Waals surface area contributed by atoms with Crippen molar-refractivity contribution >= 4 is 23.2 Å². The van der Waals surface area contributed by atoms with Crippen LogP contribution >= 0.6 is 0 Å². The first-order chi connectivity index (χ1) is 9.55. The number of nitrogens with two attached hydrogens (primary N) is 1. The smallest absolute Gasteiger partial charge is 0.224 e. The van der Waals surface area contributed by atoms with E-state index in [1.165, 1.54) is 0 Å². The molecule has 0 heterocycles. The van der Waals surface area contributed by atoms with Gasteiger partial charge in [-0.25, -0.2) is 0 Å². The first-order valence-electron chi connectivity index (χ1n) is 6.95. The molecule has 0 saturated heterocycles.